The zero-order chi connectivity index (χ0) is 22.5. The first kappa shape index (κ1) is 22.2. The number of amides is 1. The van der Waals surface area contributed by atoms with Crippen LogP contribution in [0.2, 0.25) is 0 Å². The SMILES string of the molecule is COc1cc(C(=O)NCCNc2nc3c(C)c(C)ccc3cc2C)cc(OC)c1OC. The number of nitrogens with one attached hydrogen (secondary N) is 2. The van der Waals surface area contributed by atoms with Crippen LogP contribution in [0, 0.1) is 20.8 Å². The number of hydrogen-bond donors (Lipinski definition) is 2. The number of hydrogen-bond acceptors (Lipinski definition) is 6. The summed E-state index contributed by atoms with van der Waals surface area (Å²) < 4.78 is 15.9. The van der Waals surface area contributed by atoms with Crippen LogP contribution in [0.1, 0.15) is 27.0 Å². The van der Waals surface area contributed by atoms with Crippen LogP contribution in [0.15, 0.2) is 30.3 Å². The highest BCUT2D eigenvalue weighted by Crippen LogP contribution is 2.38. The second-order valence-corrected chi connectivity index (χ2v) is 7.33. The molecule has 0 aliphatic carbocycles. The summed E-state index contributed by atoms with van der Waals surface area (Å²) in [7, 11) is 4.56. The highest BCUT2D eigenvalue weighted by atomic mass is 16.5. The van der Waals surface area contributed by atoms with Gasteiger partial charge in [-0.2, -0.15) is 0 Å². The maximum absolute atomic E-state index is 12.6. The Balaban J connectivity index is 1.66. The number of benzene rings is 2. The van der Waals surface area contributed by atoms with Crippen molar-refractivity contribution in [3.8, 4) is 17.2 Å². The largest absolute Gasteiger partial charge is 0.493 e. The topological polar surface area (TPSA) is 81.7 Å². The van der Waals surface area contributed by atoms with Crippen molar-refractivity contribution in [3.63, 3.8) is 0 Å². The van der Waals surface area contributed by atoms with E-state index in [9.17, 15) is 4.79 Å². The first-order valence-corrected chi connectivity index (χ1v) is 10.1. The van der Waals surface area contributed by atoms with Crippen molar-refractivity contribution in [2.75, 3.05) is 39.7 Å². The number of aromatic nitrogens is 1. The van der Waals surface area contributed by atoms with Crippen LogP contribution in [-0.2, 0) is 0 Å². The third kappa shape index (κ3) is 4.66. The Kier molecular flexibility index (Phi) is 6.84. The summed E-state index contributed by atoms with van der Waals surface area (Å²) in [6, 6.07) is 9.60. The molecular formula is C24H29N3O4. The Bertz CT molecular complexity index is 1090. The zero-order valence-corrected chi connectivity index (χ0v) is 18.9. The van der Waals surface area contributed by atoms with Crippen molar-refractivity contribution in [2.45, 2.75) is 20.8 Å². The molecule has 0 aliphatic rings. The van der Waals surface area contributed by atoms with Crippen molar-refractivity contribution in [1.82, 2.24) is 10.3 Å². The highest BCUT2D eigenvalue weighted by Gasteiger charge is 2.16. The van der Waals surface area contributed by atoms with Crippen LogP contribution < -0.4 is 24.8 Å². The molecule has 1 aromatic heterocycles. The average molecular weight is 424 g/mol. The lowest BCUT2D eigenvalue weighted by Gasteiger charge is -2.15. The number of ether oxygens (including phenoxy) is 3. The molecule has 0 atom stereocenters. The van der Waals surface area contributed by atoms with Gasteiger partial charge in [0.05, 0.1) is 26.8 Å². The van der Waals surface area contributed by atoms with Gasteiger partial charge in [-0.3, -0.25) is 4.79 Å². The molecule has 0 aliphatic heterocycles. The standard InChI is InChI=1S/C24H29N3O4/c1-14-7-8-17-11-15(2)23(27-21(17)16(14)3)25-9-10-26-24(28)18-12-19(29-4)22(31-6)20(13-18)30-5/h7-8,11-13H,9-10H2,1-6H3,(H,25,27)(H,26,28). The second-order valence-electron chi connectivity index (χ2n) is 7.33. The van der Waals surface area contributed by atoms with Gasteiger partial charge >= 0.3 is 0 Å². The Labute approximate surface area is 182 Å². The molecule has 7 nitrogen and oxygen atoms in total. The minimum Gasteiger partial charge on any atom is -0.493 e. The number of carbonyl (C=O) groups excluding carboxylic acids is 1. The molecule has 31 heavy (non-hydrogen) atoms. The fourth-order valence-corrected chi connectivity index (χ4v) is 3.44. The number of methoxy groups -OCH3 is 3. The van der Waals surface area contributed by atoms with Crippen LogP contribution in [0.5, 0.6) is 17.2 Å². The van der Waals surface area contributed by atoms with Crippen molar-refractivity contribution >= 4 is 22.6 Å². The molecule has 1 heterocycles. The number of anilines is 1. The maximum atomic E-state index is 12.6. The maximum Gasteiger partial charge on any atom is 0.251 e. The molecule has 3 rings (SSSR count). The summed E-state index contributed by atoms with van der Waals surface area (Å²) in [6.45, 7) is 7.17. The van der Waals surface area contributed by atoms with Crippen molar-refractivity contribution < 1.29 is 19.0 Å². The van der Waals surface area contributed by atoms with Crippen LogP contribution in [0.4, 0.5) is 5.82 Å². The van der Waals surface area contributed by atoms with Crippen molar-refractivity contribution in [1.29, 1.82) is 0 Å². The molecule has 0 unspecified atom stereocenters. The van der Waals surface area contributed by atoms with E-state index in [1.165, 1.54) is 32.5 Å². The molecule has 3 aromatic rings. The van der Waals surface area contributed by atoms with Gasteiger partial charge < -0.3 is 24.8 Å². The van der Waals surface area contributed by atoms with Crippen molar-refractivity contribution in [3.05, 3.63) is 52.6 Å². The summed E-state index contributed by atoms with van der Waals surface area (Å²) in [4.78, 5) is 17.4. The van der Waals surface area contributed by atoms with Gasteiger partial charge in [0.15, 0.2) is 11.5 Å². The summed E-state index contributed by atoms with van der Waals surface area (Å²) in [5, 5.41) is 7.36. The fourth-order valence-electron chi connectivity index (χ4n) is 3.44. The Morgan fingerprint density at radius 3 is 2.19 bits per heavy atom. The summed E-state index contributed by atoms with van der Waals surface area (Å²) in [5.41, 5.74) is 4.88. The molecular weight excluding hydrogens is 394 g/mol. The second kappa shape index (κ2) is 9.55. The third-order valence-corrected chi connectivity index (χ3v) is 5.33. The van der Waals surface area contributed by atoms with Crippen molar-refractivity contribution in [2.24, 2.45) is 0 Å². The van der Waals surface area contributed by atoms with E-state index in [0.29, 0.717) is 35.9 Å². The summed E-state index contributed by atoms with van der Waals surface area (Å²) in [6.07, 6.45) is 0. The van der Waals surface area contributed by atoms with Crippen LogP contribution >= 0.6 is 0 Å². The van der Waals surface area contributed by atoms with Gasteiger partial charge in [0, 0.05) is 24.0 Å². The Morgan fingerprint density at radius 2 is 1.58 bits per heavy atom. The molecule has 7 heteroatoms. The smallest absolute Gasteiger partial charge is 0.251 e. The normalized spacial score (nSPS) is 10.6. The van der Waals surface area contributed by atoms with E-state index in [-0.39, 0.29) is 5.91 Å². The predicted molar refractivity (Wildman–Crippen MR) is 123 cm³/mol. The molecule has 0 spiro atoms. The molecule has 164 valence electrons. The van der Waals surface area contributed by atoms with E-state index in [0.717, 1.165) is 22.3 Å². The molecule has 0 saturated carbocycles. The average Bonchev–Trinajstić information content (AvgIpc) is 2.78. The third-order valence-electron chi connectivity index (χ3n) is 5.33. The van der Waals surface area contributed by atoms with E-state index in [1.807, 2.05) is 6.92 Å². The van der Waals surface area contributed by atoms with Gasteiger partial charge in [-0.25, -0.2) is 4.98 Å². The Morgan fingerprint density at radius 1 is 0.903 bits per heavy atom. The summed E-state index contributed by atoms with van der Waals surface area (Å²) >= 11 is 0. The number of pyridine rings is 1. The molecule has 2 aromatic carbocycles. The van der Waals surface area contributed by atoms with E-state index in [4.69, 9.17) is 19.2 Å². The summed E-state index contributed by atoms with van der Waals surface area (Å²) in [5.74, 6) is 1.92. The first-order chi connectivity index (χ1) is 14.9. The molecule has 0 radical (unpaired) electrons. The lowest BCUT2D eigenvalue weighted by atomic mass is 10.0. The quantitative estimate of drug-likeness (QED) is 0.533. The fraction of sp³-hybridized carbons (Fsp3) is 0.333. The minimum atomic E-state index is -0.226. The number of nitrogens with zero attached hydrogens (tertiary/aromatic N) is 1. The molecule has 0 saturated heterocycles. The zero-order valence-electron chi connectivity index (χ0n) is 18.9. The number of carbonyl (C=O) groups is 1. The van der Waals surface area contributed by atoms with Gasteiger partial charge in [-0.05, 0) is 55.7 Å². The Hall–Kier alpha value is -3.48. The number of aryl methyl sites for hydroxylation is 3. The highest BCUT2D eigenvalue weighted by molar-refractivity contribution is 5.95. The lowest BCUT2D eigenvalue weighted by molar-refractivity contribution is 0.0954. The number of rotatable bonds is 8. The predicted octanol–water partition coefficient (Wildman–Crippen LogP) is 4.03. The van der Waals surface area contributed by atoms with Crippen LogP contribution in [-0.4, -0.2) is 45.3 Å². The van der Waals surface area contributed by atoms with Gasteiger partial charge in [-0.15, -0.1) is 0 Å². The van der Waals surface area contributed by atoms with E-state index < -0.39 is 0 Å². The molecule has 0 fully saturated rings. The van der Waals surface area contributed by atoms with Crippen LogP contribution in [0.25, 0.3) is 10.9 Å². The van der Waals surface area contributed by atoms with Crippen LogP contribution in [0.3, 0.4) is 0 Å². The monoisotopic (exact) mass is 423 g/mol. The molecule has 2 N–H and O–H groups in total. The van der Waals surface area contributed by atoms with E-state index >= 15 is 0 Å². The lowest BCUT2D eigenvalue weighted by Crippen LogP contribution is -2.29. The number of fused-ring (bicyclic) bond motifs is 1. The van der Waals surface area contributed by atoms with Gasteiger partial charge in [0.25, 0.3) is 5.91 Å². The molecule has 0 bridgehead atoms. The minimum absolute atomic E-state index is 0.226. The van der Waals surface area contributed by atoms with E-state index in [2.05, 4.69) is 42.7 Å². The van der Waals surface area contributed by atoms with E-state index in [1.54, 1.807) is 12.1 Å². The first-order valence-electron chi connectivity index (χ1n) is 10.1. The van der Waals surface area contributed by atoms with Gasteiger partial charge in [0.1, 0.15) is 5.82 Å². The van der Waals surface area contributed by atoms with Gasteiger partial charge in [0.2, 0.25) is 5.75 Å². The van der Waals surface area contributed by atoms with Gasteiger partial charge in [-0.1, -0.05) is 12.1 Å². The molecule has 1 amide bonds.